The molecule has 1 heterocycles. The van der Waals surface area contributed by atoms with Crippen LogP contribution in [-0.4, -0.2) is 42.2 Å². The van der Waals surface area contributed by atoms with Crippen LogP contribution in [-0.2, 0) is 4.79 Å². The van der Waals surface area contributed by atoms with Crippen molar-refractivity contribution in [3.63, 3.8) is 0 Å². The molecule has 0 bridgehead atoms. The van der Waals surface area contributed by atoms with E-state index in [4.69, 9.17) is 0 Å². The lowest BCUT2D eigenvalue weighted by atomic mass is 9.97. The van der Waals surface area contributed by atoms with Crippen molar-refractivity contribution in [2.24, 2.45) is 5.92 Å². The van der Waals surface area contributed by atoms with Gasteiger partial charge in [0.05, 0.1) is 16.6 Å². The lowest BCUT2D eigenvalue weighted by molar-refractivity contribution is -0.115. The molecule has 1 fully saturated rings. The van der Waals surface area contributed by atoms with Crippen LogP contribution in [0.2, 0.25) is 0 Å². The van der Waals surface area contributed by atoms with Gasteiger partial charge in [0.25, 0.3) is 0 Å². The Morgan fingerprint density at radius 1 is 1.43 bits per heavy atom. The normalized spacial score (nSPS) is 17.6. The van der Waals surface area contributed by atoms with Crippen molar-refractivity contribution in [1.29, 1.82) is 0 Å². The van der Waals surface area contributed by atoms with Crippen LogP contribution in [0.4, 0.5) is 11.4 Å². The fourth-order valence-corrected chi connectivity index (χ4v) is 2.83. The maximum absolute atomic E-state index is 12.1. The van der Waals surface area contributed by atoms with E-state index in [0.717, 1.165) is 37.3 Å². The molecule has 1 aliphatic heterocycles. The fourth-order valence-electron chi connectivity index (χ4n) is 2.55. The van der Waals surface area contributed by atoms with E-state index in [0.29, 0.717) is 5.92 Å². The van der Waals surface area contributed by atoms with Crippen molar-refractivity contribution >= 4 is 29.0 Å². The number of amides is 1. The van der Waals surface area contributed by atoms with Crippen molar-refractivity contribution in [2.75, 3.05) is 36.2 Å². The highest BCUT2D eigenvalue weighted by atomic mass is 32.2. The first-order valence-corrected chi connectivity index (χ1v) is 8.73. The molecule has 1 aromatic carbocycles. The summed E-state index contributed by atoms with van der Waals surface area (Å²) in [4.78, 5) is 14.4. The molecule has 1 saturated heterocycles. The Morgan fingerprint density at radius 3 is 2.71 bits per heavy atom. The van der Waals surface area contributed by atoms with Crippen molar-refractivity contribution in [2.45, 2.75) is 25.0 Å². The first-order valence-electron chi connectivity index (χ1n) is 7.44. The van der Waals surface area contributed by atoms with E-state index in [1.165, 1.54) is 0 Å². The minimum atomic E-state index is -0.0572. The predicted octanol–water partition coefficient (Wildman–Crippen LogP) is 2.59. The van der Waals surface area contributed by atoms with E-state index in [9.17, 15) is 9.90 Å². The number of nitrogens with one attached hydrogen (secondary N) is 1. The zero-order valence-electron chi connectivity index (χ0n) is 12.7. The molecule has 1 amide bonds. The Hall–Kier alpha value is -1.20. The van der Waals surface area contributed by atoms with Gasteiger partial charge in [0.15, 0.2) is 0 Å². The summed E-state index contributed by atoms with van der Waals surface area (Å²) in [6, 6.07) is 7.96. The van der Waals surface area contributed by atoms with Gasteiger partial charge in [0, 0.05) is 19.7 Å². The number of carbonyl (C=O) groups is 1. The van der Waals surface area contributed by atoms with Crippen LogP contribution in [0.5, 0.6) is 0 Å². The summed E-state index contributed by atoms with van der Waals surface area (Å²) >= 11 is 1.54. The third-order valence-electron chi connectivity index (χ3n) is 4.10. The predicted molar refractivity (Wildman–Crippen MR) is 90.1 cm³/mol. The molecule has 5 heteroatoms. The van der Waals surface area contributed by atoms with E-state index in [-0.39, 0.29) is 17.8 Å². The Kier molecular flexibility index (Phi) is 5.94. The van der Waals surface area contributed by atoms with Gasteiger partial charge in [-0.15, -0.1) is 0 Å². The summed E-state index contributed by atoms with van der Waals surface area (Å²) < 4.78 is 0. The Morgan fingerprint density at radius 2 is 2.10 bits per heavy atom. The van der Waals surface area contributed by atoms with E-state index in [1.54, 1.807) is 11.8 Å². The number of piperidine rings is 1. The van der Waals surface area contributed by atoms with E-state index in [1.807, 2.05) is 31.4 Å². The largest absolute Gasteiger partial charge is 0.396 e. The molecule has 1 unspecified atom stereocenters. The molecule has 0 radical (unpaired) electrons. The third kappa shape index (κ3) is 4.14. The maximum Gasteiger partial charge on any atom is 0.237 e. The van der Waals surface area contributed by atoms with Crippen LogP contribution in [0.25, 0.3) is 0 Å². The van der Waals surface area contributed by atoms with Crippen LogP contribution in [0.15, 0.2) is 24.3 Å². The Labute approximate surface area is 130 Å². The average molecular weight is 308 g/mol. The zero-order chi connectivity index (χ0) is 15.2. The van der Waals surface area contributed by atoms with Gasteiger partial charge in [0.2, 0.25) is 5.91 Å². The summed E-state index contributed by atoms with van der Waals surface area (Å²) in [6.07, 6.45) is 3.94. The third-order valence-corrected chi connectivity index (χ3v) is 5.02. The second-order valence-corrected chi connectivity index (χ2v) is 6.68. The smallest absolute Gasteiger partial charge is 0.237 e. The van der Waals surface area contributed by atoms with Gasteiger partial charge in [-0.3, -0.25) is 4.79 Å². The van der Waals surface area contributed by atoms with Crippen LogP contribution in [0.3, 0.4) is 0 Å². The number of rotatable bonds is 5. The number of hydrogen-bond acceptors (Lipinski definition) is 4. The van der Waals surface area contributed by atoms with Crippen LogP contribution in [0.1, 0.15) is 19.8 Å². The zero-order valence-corrected chi connectivity index (χ0v) is 13.5. The van der Waals surface area contributed by atoms with Gasteiger partial charge in [-0.1, -0.05) is 12.1 Å². The van der Waals surface area contributed by atoms with Crippen molar-refractivity contribution in [1.82, 2.24) is 0 Å². The van der Waals surface area contributed by atoms with E-state index in [2.05, 4.69) is 16.3 Å². The average Bonchev–Trinajstić information content (AvgIpc) is 2.54. The quantitative estimate of drug-likeness (QED) is 0.878. The summed E-state index contributed by atoms with van der Waals surface area (Å²) in [7, 11) is 0. The second-order valence-electron chi connectivity index (χ2n) is 5.50. The monoisotopic (exact) mass is 308 g/mol. The molecule has 4 nitrogen and oxygen atoms in total. The van der Waals surface area contributed by atoms with Gasteiger partial charge >= 0.3 is 0 Å². The highest BCUT2D eigenvalue weighted by Crippen LogP contribution is 2.30. The summed E-state index contributed by atoms with van der Waals surface area (Å²) in [6.45, 7) is 4.04. The molecule has 0 saturated carbocycles. The summed E-state index contributed by atoms with van der Waals surface area (Å²) in [5.41, 5.74) is 1.96. The van der Waals surface area contributed by atoms with Crippen molar-refractivity contribution in [3.05, 3.63) is 24.3 Å². The fraction of sp³-hybridized carbons (Fsp3) is 0.562. The number of carbonyl (C=O) groups excluding carboxylic acids is 1. The molecule has 21 heavy (non-hydrogen) atoms. The number of benzene rings is 1. The SMILES string of the molecule is CSC(C)C(=O)Nc1ccccc1N1CCC(CO)CC1. The van der Waals surface area contributed by atoms with Gasteiger partial charge in [0.1, 0.15) is 0 Å². The van der Waals surface area contributed by atoms with Gasteiger partial charge in [-0.05, 0) is 44.1 Å². The second kappa shape index (κ2) is 7.71. The van der Waals surface area contributed by atoms with Crippen LogP contribution < -0.4 is 10.2 Å². The molecule has 1 atom stereocenters. The number of anilines is 2. The molecule has 0 spiro atoms. The number of aliphatic hydroxyl groups is 1. The Balaban J connectivity index is 2.08. The lowest BCUT2D eigenvalue weighted by Gasteiger charge is -2.34. The molecule has 116 valence electrons. The Bertz CT molecular complexity index is 473. The summed E-state index contributed by atoms with van der Waals surface area (Å²) in [5.74, 6) is 0.458. The number of hydrogen-bond donors (Lipinski definition) is 2. The molecular formula is C16H24N2O2S. The highest BCUT2D eigenvalue weighted by molar-refractivity contribution is 7.99. The van der Waals surface area contributed by atoms with Gasteiger partial charge in [-0.2, -0.15) is 11.8 Å². The van der Waals surface area contributed by atoms with Crippen LogP contribution >= 0.6 is 11.8 Å². The molecule has 0 aromatic heterocycles. The number of thioether (sulfide) groups is 1. The minimum absolute atomic E-state index is 0.0418. The maximum atomic E-state index is 12.1. The molecule has 2 rings (SSSR count). The number of nitrogens with zero attached hydrogens (tertiary/aromatic N) is 1. The molecular weight excluding hydrogens is 284 g/mol. The molecule has 2 N–H and O–H groups in total. The van der Waals surface area contributed by atoms with Gasteiger partial charge in [-0.25, -0.2) is 0 Å². The van der Waals surface area contributed by atoms with E-state index >= 15 is 0 Å². The van der Waals surface area contributed by atoms with E-state index < -0.39 is 0 Å². The highest BCUT2D eigenvalue weighted by Gasteiger charge is 2.21. The number of aliphatic hydroxyl groups excluding tert-OH is 1. The van der Waals surface area contributed by atoms with Crippen LogP contribution in [0, 0.1) is 5.92 Å². The molecule has 1 aromatic rings. The topological polar surface area (TPSA) is 52.6 Å². The standard InChI is InChI=1S/C16H24N2O2S/c1-12(21-2)16(20)17-14-5-3-4-6-15(14)18-9-7-13(11-19)8-10-18/h3-6,12-13,19H,7-11H2,1-2H3,(H,17,20). The number of para-hydroxylation sites is 2. The molecule has 1 aliphatic rings. The van der Waals surface area contributed by atoms with Crippen molar-refractivity contribution in [3.8, 4) is 0 Å². The van der Waals surface area contributed by atoms with Crippen molar-refractivity contribution < 1.29 is 9.90 Å². The first-order chi connectivity index (χ1) is 10.2. The first kappa shape index (κ1) is 16.2. The minimum Gasteiger partial charge on any atom is -0.396 e. The van der Waals surface area contributed by atoms with Gasteiger partial charge < -0.3 is 15.3 Å². The summed E-state index contributed by atoms with van der Waals surface area (Å²) in [5, 5.41) is 12.2. The molecule has 0 aliphatic carbocycles. The lowest BCUT2D eigenvalue weighted by Crippen LogP contribution is -2.35.